The van der Waals surface area contributed by atoms with Crippen molar-refractivity contribution in [3.05, 3.63) is 33.9 Å². The van der Waals surface area contributed by atoms with Gasteiger partial charge in [0.2, 0.25) is 5.43 Å². The number of hydrogen-bond acceptors (Lipinski definition) is 6. The highest BCUT2D eigenvalue weighted by Crippen LogP contribution is 2.42. The number of nitrogens with zero attached hydrogens (tertiary/aromatic N) is 2. The number of nitriles is 1. The number of carbonyl (C=O) groups is 1. The molecule has 8 nitrogen and oxygen atoms in total. The average Bonchev–Trinajstić information content (AvgIpc) is 3.50. The largest absolute Gasteiger partial charge is 0.492 e. The SMILES string of the molecule is COc1c(NCCOCCC#N)c(F)cc2c(=O)c(C(=O)O)cn(C3CC3)c12. The Kier molecular flexibility index (Phi) is 5.80. The Morgan fingerprint density at radius 1 is 1.46 bits per heavy atom. The van der Waals surface area contributed by atoms with Crippen molar-refractivity contribution >= 4 is 22.6 Å². The lowest BCUT2D eigenvalue weighted by Crippen LogP contribution is -2.20. The Hall–Kier alpha value is -3.12. The van der Waals surface area contributed by atoms with Gasteiger partial charge in [0.25, 0.3) is 0 Å². The van der Waals surface area contributed by atoms with Crippen molar-refractivity contribution in [2.45, 2.75) is 25.3 Å². The maximum Gasteiger partial charge on any atom is 0.341 e. The number of benzene rings is 1. The second-order valence-electron chi connectivity index (χ2n) is 6.43. The minimum atomic E-state index is -1.35. The van der Waals surface area contributed by atoms with Crippen LogP contribution in [-0.4, -0.2) is 42.5 Å². The van der Waals surface area contributed by atoms with Gasteiger partial charge >= 0.3 is 5.97 Å². The predicted octanol–water partition coefficient (Wildman–Crippen LogP) is 2.52. The molecule has 0 amide bonds. The van der Waals surface area contributed by atoms with Crippen molar-refractivity contribution in [2.24, 2.45) is 0 Å². The summed E-state index contributed by atoms with van der Waals surface area (Å²) < 4.78 is 27.1. The van der Waals surface area contributed by atoms with E-state index < -0.39 is 22.8 Å². The molecule has 1 aromatic heterocycles. The van der Waals surface area contributed by atoms with Gasteiger partial charge in [-0.1, -0.05) is 0 Å². The molecule has 2 aromatic rings. The Balaban J connectivity index is 2.04. The van der Waals surface area contributed by atoms with Gasteiger partial charge < -0.3 is 24.5 Å². The topological polar surface area (TPSA) is 114 Å². The minimum absolute atomic E-state index is 0.0306. The molecule has 1 heterocycles. The third kappa shape index (κ3) is 3.77. The number of ether oxygens (including phenoxy) is 2. The van der Waals surface area contributed by atoms with Crippen LogP contribution < -0.4 is 15.5 Å². The quantitative estimate of drug-likeness (QED) is 0.634. The maximum atomic E-state index is 14.7. The van der Waals surface area contributed by atoms with Crippen LogP contribution >= 0.6 is 0 Å². The van der Waals surface area contributed by atoms with E-state index in [1.54, 1.807) is 4.57 Å². The molecule has 0 saturated heterocycles. The molecule has 148 valence electrons. The first kappa shape index (κ1) is 19.6. The standard InChI is InChI=1S/C19H20FN3O5/c1-27-18-15(22-6-8-28-7-2-5-21)14(20)9-12-16(18)23(11-3-4-11)10-13(17(12)24)19(25)26/h9-11,22H,2-4,6-8H2,1H3,(H,25,26). The molecular formula is C19H20FN3O5. The van der Waals surface area contributed by atoms with Gasteiger partial charge in [-0.25, -0.2) is 9.18 Å². The third-order valence-electron chi connectivity index (χ3n) is 4.50. The normalized spacial score (nSPS) is 13.3. The highest BCUT2D eigenvalue weighted by atomic mass is 19.1. The lowest BCUT2D eigenvalue weighted by atomic mass is 10.1. The van der Waals surface area contributed by atoms with Crippen molar-refractivity contribution in [3.63, 3.8) is 0 Å². The second-order valence-corrected chi connectivity index (χ2v) is 6.43. The number of methoxy groups -OCH3 is 1. The number of fused-ring (bicyclic) bond motifs is 1. The summed E-state index contributed by atoms with van der Waals surface area (Å²) in [5.41, 5.74) is -0.694. The number of anilines is 1. The maximum absolute atomic E-state index is 14.7. The smallest absolute Gasteiger partial charge is 0.341 e. The van der Waals surface area contributed by atoms with E-state index in [2.05, 4.69) is 5.32 Å². The Morgan fingerprint density at radius 2 is 2.21 bits per heavy atom. The van der Waals surface area contributed by atoms with Gasteiger partial charge in [0, 0.05) is 18.8 Å². The zero-order chi connectivity index (χ0) is 20.3. The third-order valence-corrected chi connectivity index (χ3v) is 4.50. The van der Waals surface area contributed by atoms with E-state index in [1.807, 2.05) is 6.07 Å². The van der Waals surface area contributed by atoms with Crippen LogP contribution in [0.4, 0.5) is 10.1 Å². The van der Waals surface area contributed by atoms with E-state index in [0.717, 1.165) is 18.9 Å². The van der Waals surface area contributed by atoms with Gasteiger partial charge in [-0.15, -0.1) is 0 Å². The van der Waals surface area contributed by atoms with E-state index in [4.69, 9.17) is 14.7 Å². The van der Waals surface area contributed by atoms with E-state index >= 15 is 0 Å². The molecule has 1 saturated carbocycles. The van der Waals surface area contributed by atoms with E-state index in [-0.39, 0.29) is 49.0 Å². The summed E-state index contributed by atoms with van der Waals surface area (Å²) in [5, 5.41) is 20.7. The van der Waals surface area contributed by atoms with E-state index in [9.17, 15) is 19.1 Å². The number of hydrogen-bond donors (Lipinski definition) is 2. The van der Waals surface area contributed by atoms with Crippen LogP contribution in [0.1, 0.15) is 35.7 Å². The molecule has 0 bridgehead atoms. The van der Waals surface area contributed by atoms with Crippen LogP contribution in [0.3, 0.4) is 0 Å². The van der Waals surface area contributed by atoms with Gasteiger partial charge in [-0.2, -0.15) is 5.26 Å². The first-order valence-corrected chi connectivity index (χ1v) is 8.86. The van der Waals surface area contributed by atoms with Crippen molar-refractivity contribution in [1.29, 1.82) is 5.26 Å². The van der Waals surface area contributed by atoms with Crippen LogP contribution in [0, 0.1) is 17.1 Å². The first-order valence-electron chi connectivity index (χ1n) is 8.86. The van der Waals surface area contributed by atoms with Crippen molar-refractivity contribution in [1.82, 2.24) is 4.57 Å². The van der Waals surface area contributed by atoms with Crippen molar-refractivity contribution in [2.75, 3.05) is 32.2 Å². The van der Waals surface area contributed by atoms with Crippen LogP contribution in [0.2, 0.25) is 0 Å². The number of rotatable bonds is 9. The molecule has 9 heteroatoms. The zero-order valence-corrected chi connectivity index (χ0v) is 15.3. The molecule has 1 fully saturated rings. The number of aromatic nitrogens is 1. The lowest BCUT2D eigenvalue weighted by molar-refractivity contribution is 0.0694. The van der Waals surface area contributed by atoms with Crippen molar-refractivity contribution in [3.8, 4) is 11.8 Å². The summed E-state index contributed by atoms with van der Waals surface area (Å²) in [4.78, 5) is 24.0. The molecule has 0 spiro atoms. The van der Waals surface area contributed by atoms with Gasteiger partial charge in [0.05, 0.1) is 43.7 Å². The van der Waals surface area contributed by atoms with Crippen LogP contribution in [0.5, 0.6) is 5.75 Å². The average molecular weight is 389 g/mol. The summed E-state index contributed by atoms with van der Waals surface area (Å²) >= 11 is 0. The molecule has 1 aliphatic rings. The molecule has 2 N–H and O–H groups in total. The molecule has 0 atom stereocenters. The molecule has 1 aliphatic carbocycles. The fraction of sp³-hybridized carbons (Fsp3) is 0.421. The summed E-state index contributed by atoms with van der Waals surface area (Å²) in [5.74, 6) is -1.92. The molecule has 0 aliphatic heterocycles. The molecular weight excluding hydrogens is 369 g/mol. The number of nitrogens with one attached hydrogen (secondary N) is 1. The minimum Gasteiger partial charge on any atom is -0.492 e. The van der Waals surface area contributed by atoms with Gasteiger partial charge in [-0.3, -0.25) is 4.79 Å². The summed E-state index contributed by atoms with van der Waals surface area (Å²) in [6.45, 7) is 0.815. The fourth-order valence-corrected chi connectivity index (χ4v) is 3.08. The van der Waals surface area contributed by atoms with Crippen LogP contribution in [-0.2, 0) is 4.74 Å². The zero-order valence-electron chi connectivity index (χ0n) is 15.3. The molecule has 0 unspecified atom stereocenters. The molecule has 1 aromatic carbocycles. The summed E-state index contributed by atoms with van der Waals surface area (Å²) in [7, 11) is 1.37. The van der Waals surface area contributed by atoms with Crippen molar-refractivity contribution < 1.29 is 23.8 Å². The van der Waals surface area contributed by atoms with E-state index in [0.29, 0.717) is 5.52 Å². The predicted molar refractivity (Wildman–Crippen MR) is 99.5 cm³/mol. The van der Waals surface area contributed by atoms with E-state index in [1.165, 1.54) is 13.3 Å². The van der Waals surface area contributed by atoms with Crippen LogP contribution in [0.15, 0.2) is 17.1 Å². The van der Waals surface area contributed by atoms with Gasteiger partial charge in [-0.05, 0) is 18.9 Å². The number of carboxylic acids is 1. The molecule has 3 rings (SSSR count). The summed E-state index contributed by atoms with van der Waals surface area (Å²) in [6, 6.07) is 3.05. The van der Waals surface area contributed by atoms with Gasteiger partial charge in [0.1, 0.15) is 11.3 Å². The van der Waals surface area contributed by atoms with Gasteiger partial charge in [0.15, 0.2) is 11.6 Å². The Morgan fingerprint density at radius 3 is 2.82 bits per heavy atom. The van der Waals surface area contributed by atoms with Crippen LogP contribution in [0.25, 0.3) is 10.9 Å². The highest BCUT2D eigenvalue weighted by Gasteiger charge is 2.30. The Bertz CT molecular complexity index is 1010. The lowest BCUT2D eigenvalue weighted by Gasteiger charge is -2.19. The number of aromatic carboxylic acids is 1. The number of carboxylic acid groups (broad SMARTS) is 1. The first-order chi connectivity index (χ1) is 13.5. The second kappa shape index (κ2) is 8.27. The fourth-order valence-electron chi connectivity index (χ4n) is 3.08. The Labute approximate surface area is 160 Å². The summed E-state index contributed by atoms with van der Waals surface area (Å²) in [6.07, 6.45) is 3.26. The molecule has 28 heavy (non-hydrogen) atoms. The molecule has 0 radical (unpaired) electrons. The number of halogens is 1. The highest BCUT2D eigenvalue weighted by molar-refractivity contribution is 5.97. The number of pyridine rings is 1. The monoisotopic (exact) mass is 389 g/mol.